The van der Waals surface area contributed by atoms with Crippen molar-refractivity contribution in [2.75, 3.05) is 51.2 Å². The number of halogens is 1. The summed E-state index contributed by atoms with van der Waals surface area (Å²) in [6, 6.07) is 11.1. The fraction of sp³-hybridized carbons (Fsp3) is 0.500. The minimum Gasteiger partial charge on any atom is -0.369 e. The lowest BCUT2D eigenvalue weighted by atomic mass is 10.2. The Bertz CT molecular complexity index is 497. The largest absolute Gasteiger partial charge is 0.369 e. The van der Waals surface area contributed by atoms with Crippen molar-refractivity contribution in [3.8, 4) is 0 Å². The summed E-state index contributed by atoms with van der Waals surface area (Å²) in [5.74, 6) is 0.833. The van der Waals surface area contributed by atoms with E-state index in [0.29, 0.717) is 6.04 Å². The molecule has 0 bridgehead atoms. The minimum absolute atomic E-state index is 0. The topological polar surface area (TPSA) is 42.9 Å². The van der Waals surface area contributed by atoms with Gasteiger partial charge in [-0.2, -0.15) is 0 Å². The lowest BCUT2D eigenvalue weighted by molar-refractivity contribution is 0.197. The van der Waals surface area contributed by atoms with Crippen LogP contribution in [0.25, 0.3) is 0 Å². The molecular formula is C18H30IN5. The Labute approximate surface area is 163 Å². The summed E-state index contributed by atoms with van der Waals surface area (Å²) < 4.78 is 0. The van der Waals surface area contributed by atoms with E-state index >= 15 is 0 Å². The van der Waals surface area contributed by atoms with Crippen LogP contribution in [-0.2, 0) is 0 Å². The second-order valence-electron chi connectivity index (χ2n) is 5.83. The molecule has 24 heavy (non-hydrogen) atoms. The van der Waals surface area contributed by atoms with Gasteiger partial charge in [-0.25, -0.2) is 0 Å². The van der Waals surface area contributed by atoms with Crippen LogP contribution in [0.2, 0.25) is 0 Å². The summed E-state index contributed by atoms with van der Waals surface area (Å²) in [5, 5.41) is 6.58. The Kier molecular flexibility index (Phi) is 9.78. The number of hydrogen-bond donors (Lipinski definition) is 2. The summed E-state index contributed by atoms with van der Waals surface area (Å²) in [6.45, 7) is 11.9. The zero-order valence-electron chi connectivity index (χ0n) is 14.7. The molecule has 0 amide bonds. The van der Waals surface area contributed by atoms with Gasteiger partial charge in [0.25, 0.3) is 0 Å². The molecule has 5 nitrogen and oxygen atoms in total. The Morgan fingerprint density at radius 2 is 1.88 bits per heavy atom. The van der Waals surface area contributed by atoms with Gasteiger partial charge < -0.3 is 15.5 Å². The average Bonchev–Trinajstić information content (AvgIpc) is 2.62. The van der Waals surface area contributed by atoms with Crippen molar-refractivity contribution in [1.29, 1.82) is 0 Å². The zero-order chi connectivity index (χ0) is 16.5. The zero-order valence-corrected chi connectivity index (χ0v) is 17.1. The molecule has 134 valence electrons. The second-order valence-corrected chi connectivity index (χ2v) is 5.83. The third-order valence-corrected chi connectivity index (χ3v) is 4.26. The molecule has 2 rings (SSSR count). The lowest BCUT2D eigenvalue weighted by Crippen LogP contribution is -2.53. The second kappa shape index (κ2) is 11.3. The summed E-state index contributed by atoms with van der Waals surface area (Å²) in [6.07, 6.45) is 1.83. The molecule has 0 aromatic heterocycles. The number of benzene rings is 1. The van der Waals surface area contributed by atoms with Crippen molar-refractivity contribution in [3.05, 3.63) is 43.0 Å². The number of para-hydroxylation sites is 1. The van der Waals surface area contributed by atoms with E-state index in [4.69, 9.17) is 0 Å². The van der Waals surface area contributed by atoms with Crippen LogP contribution in [0, 0.1) is 0 Å². The van der Waals surface area contributed by atoms with Crippen molar-refractivity contribution in [3.63, 3.8) is 0 Å². The number of nitrogens with zero attached hydrogens (tertiary/aromatic N) is 3. The van der Waals surface area contributed by atoms with Crippen molar-refractivity contribution < 1.29 is 0 Å². The SMILES string of the molecule is C=CCNC(=NC)NCC(C)N1CCN(c2ccccc2)CC1.I. The van der Waals surface area contributed by atoms with Crippen molar-refractivity contribution >= 4 is 35.6 Å². The number of rotatable bonds is 6. The molecule has 0 spiro atoms. The number of piperazine rings is 1. The quantitative estimate of drug-likeness (QED) is 0.306. The van der Waals surface area contributed by atoms with Crippen LogP contribution in [0.4, 0.5) is 5.69 Å². The van der Waals surface area contributed by atoms with Gasteiger partial charge in [0.2, 0.25) is 0 Å². The van der Waals surface area contributed by atoms with Crippen LogP contribution in [0.3, 0.4) is 0 Å². The molecule has 6 heteroatoms. The molecule has 1 aliphatic heterocycles. The highest BCUT2D eigenvalue weighted by atomic mass is 127. The van der Waals surface area contributed by atoms with Crippen LogP contribution in [0.5, 0.6) is 0 Å². The van der Waals surface area contributed by atoms with E-state index < -0.39 is 0 Å². The highest BCUT2D eigenvalue weighted by Gasteiger charge is 2.21. The molecule has 1 fully saturated rings. The summed E-state index contributed by atoms with van der Waals surface area (Å²) in [7, 11) is 1.79. The van der Waals surface area contributed by atoms with Crippen LogP contribution < -0.4 is 15.5 Å². The first kappa shape index (κ1) is 20.8. The highest BCUT2D eigenvalue weighted by Crippen LogP contribution is 2.16. The summed E-state index contributed by atoms with van der Waals surface area (Å²) in [4.78, 5) is 9.21. The maximum atomic E-state index is 4.21. The molecule has 2 N–H and O–H groups in total. The fourth-order valence-electron chi connectivity index (χ4n) is 2.82. The smallest absolute Gasteiger partial charge is 0.191 e. The number of guanidine groups is 1. The van der Waals surface area contributed by atoms with E-state index in [1.54, 1.807) is 7.05 Å². The first-order valence-electron chi connectivity index (χ1n) is 8.34. The molecular weight excluding hydrogens is 413 g/mol. The lowest BCUT2D eigenvalue weighted by Gasteiger charge is -2.39. The van der Waals surface area contributed by atoms with Gasteiger partial charge in [-0.3, -0.25) is 9.89 Å². The van der Waals surface area contributed by atoms with Gasteiger partial charge in [-0.15, -0.1) is 30.6 Å². The number of anilines is 1. The van der Waals surface area contributed by atoms with E-state index in [1.165, 1.54) is 5.69 Å². The first-order valence-corrected chi connectivity index (χ1v) is 8.34. The molecule has 1 aromatic rings. The molecule has 1 atom stereocenters. The number of nitrogens with one attached hydrogen (secondary N) is 2. The van der Waals surface area contributed by atoms with Gasteiger partial charge in [-0.1, -0.05) is 24.3 Å². The van der Waals surface area contributed by atoms with Crippen LogP contribution >= 0.6 is 24.0 Å². The van der Waals surface area contributed by atoms with Crippen molar-refractivity contribution in [2.45, 2.75) is 13.0 Å². The van der Waals surface area contributed by atoms with E-state index in [2.05, 4.69) is 69.3 Å². The molecule has 0 saturated carbocycles. The molecule has 1 aliphatic rings. The Hall–Kier alpha value is -1.28. The van der Waals surface area contributed by atoms with E-state index in [1.807, 2.05) is 6.08 Å². The van der Waals surface area contributed by atoms with E-state index in [-0.39, 0.29) is 24.0 Å². The third kappa shape index (κ3) is 6.32. The Morgan fingerprint density at radius 1 is 1.21 bits per heavy atom. The Balaban J connectivity index is 0.00000288. The summed E-state index contributed by atoms with van der Waals surface area (Å²) >= 11 is 0. The van der Waals surface area contributed by atoms with Gasteiger partial charge in [0.15, 0.2) is 5.96 Å². The van der Waals surface area contributed by atoms with E-state index in [9.17, 15) is 0 Å². The van der Waals surface area contributed by atoms with E-state index in [0.717, 1.165) is 45.2 Å². The van der Waals surface area contributed by atoms with Crippen molar-refractivity contribution in [2.24, 2.45) is 4.99 Å². The molecule has 1 saturated heterocycles. The van der Waals surface area contributed by atoms with Gasteiger partial charge >= 0.3 is 0 Å². The maximum Gasteiger partial charge on any atom is 0.191 e. The third-order valence-electron chi connectivity index (χ3n) is 4.26. The molecule has 1 unspecified atom stereocenters. The monoisotopic (exact) mass is 443 g/mol. The number of hydrogen-bond acceptors (Lipinski definition) is 3. The van der Waals surface area contributed by atoms with Gasteiger partial charge in [0, 0.05) is 58.0 Å². The maximum absolute atomic E-state index is 4.21. The Morgan fingerprint density at radius 3 is 2.46 bits per heavy atom. The molecule has 1 aromatic carbocycles. The molecule has 0 aliphatic carbocycles. The normalized spacial score (nSPS) is 16.9. The predicted molar refractivity (Wildman–Crippen MR) is 115 cm³/mol. The first-order chi connectivity index (χ1) is 11.2. The fourth-order valence-corrected chi connectivity index (χ4v) is 2.82. The standard InChI is InChI=1S/C18H29N5.HI/c1-4-10-20-18(19-3)21-15-16(2)22-11-13-23(14-12-22)17-8-6-5-7-9-17;/h4-9,16H,1,10-15H2,2-3H3,(H2,19,20,21);1H. The average molecular weight is 443 g/mol. The van der Waals surface area contributed by atoms with Crippen LogP contribution in [-0.4, -0.2) is 63.2 Å². The molecule has 0 radical (unpaired) electrons. The predicted octanol–water partition coefficient (Wildman–Crippen LogP) is 2.17. The number of aliphatic imine (C=N–C) groups is 1. The van der Waals surface area contributed by atoms with Gasteiger partial charge in [0.05, 0.1) is 0 Å². The minimum atomic E-state index is 0. The molecule has 1 heterocycles. The van der Waals surface area contributed by atoms with Crippen molar-refractivity contribution in [1.82, 2.24) is 15.5 Å². The van der Waals surface area contributed by atoms with Gasteiger partial charge in [0.1, 0.15) is 0 Å². The van der Waals surface area contributed by atoms with Crippen LogP contribution in [0.1, 0.15) is 6.92 Å². The van der Waals surface area contributed by atoms with Gasteiger partial charge in [-0.05, 0) is 19.1 Å². The highest BCUT2D eigenvalue weighted by molar-refractivity contribution is 14.0. The summed E-state index contributed by atoms with van der Waals surface area (Å²) in [5.41, 5.74) is 1.33. The van der Waals surface area contributed by atoms with Crippen LogP contribution in [0.15, 0.2) is 48.0 Å².